The van der Waals surface area contributed by atoms with Gasteiger partial charge in [0.2, 0.25) is 5.91 Å². The number of rotatable bonds is 6. The minimum atomic E-state index is -0.137. The predicted octanol–water partition coefficient (Wildman–Crippen LogP) is 1.93. The summed E-state index contributed by atoms with van der Waals surface area (Å²) in [6.07, 6.45) is 5.96. The molecule has 0 atom stereocenters. The standard InChI is InChI=1S/C14H14N2O2/c1-2-9-18-10-5-8-14(17)16-13-7-4-3-6-12(13)11-15/h1,3-4,6-7H,5,8-10H2,(H,16,17). The molecule has 0 aliphatic heterocycles. The Balaban J connectivity index is 2.37. The molecule has 92 valence electrons. The molecule has 18 heavy (non-hydrogen) atoms. The number of nitrogens with one attached hydrogen (secondary N) is 1. The first-order chi connectivity index (χ1) is 8.77. The molecule has 0 saturated heterocycles. The molecular formula is C14H14N2O2. The average Bonchev–Trinajstić information content (AvgIpc) is 2.39. The first-order valence-electron chi connectivity index (χ1n) is 5.58. The van der Waals surface area contributed by atoms with E-state index in [1.807, 2.05) is 6.07 Å². The summed E-state index contributed by atoms with van der Waals surface area (Å²) in [4.78, 5) is 11.6. The van der Waals surface area contributed by atoms with Crippen LogP contribution in [0.4, 0.5) is 5.69 Å². The molecule has 4 nitrogen and oxygen atoms in total. The van der Waals surface area contributed by atoms with Crippen molar-refractivity contribution >= 4 is 11.6 Å². The van der Waals surface area contributed by atoms with Gasteiger partial charge in [0.25, 0.3) is 0 Å². The van der Waals surface area contributed by atoms with Gasteiger partial charge in [-0.25, -0.2) is 0 Å². The molecular weight excluding hydrogens is 228 g/mol. The highest BCUT2D eigenvalue weighted by atomic mass is 16.5. The Morgan fingerprint density at radius 2 is 2.22 bits per heavy atom. The van der Waals surface area contributed by atoms with Crippen LogP contribution < -0.4 is 5.32 Å². The fourth-order valence-corrected chi connectivity index (χ4v) is 1.37. The maximum atomic E-state index is 11.6. The van der Waals surface area contributed by atoms with Gasteiger partial charge in [-0.1, -0.05) is 18.1 Å². The first kappa shape index (κ1) is 13.8. The number of anilines is 1. The number of hydrogen-bond donors (Lipinski definition) is 1. The highest BCUT2D eigenvalue weighted by Gasteiger charge is 2.05. The van der Waals surface area contributed by atoms with Crippen LogP contribution in [0, 0.1) is 23.7 Å². The molecule has 0 fully saturated rings. The fraction of sp³-hybridized carbons (Fsp3) is 0.286. The topological polar surface area (TPSA) is 62.1 Å². The predicted molar refractivity (Wildman–Crippen MR) is 68.7 cm³/mol. The lowest BCUT2D eigenvalue weighted by atomic mass is 10.2. The third kappa shape index (κ3) is 4.69. The Morgan fingerprint density at radius 3 is 2.94 bits per heavy atom. The SMILES string of the molecule is C#CCOCCCC(=O)Nc1ccccc1C#N. The van der Waals surface area contributed by atoms with Crippen LogP contribution in [0.25, 0.3) is 0 Å². The van der Waals surface area contributed by atoms with Gasteiger partial charge in [-0.2, -0.15) is 5.26 Å². The van der Waals surface area contributed by atoms with E-state index in [0.29, 0.717) is 30.7 Å². The normalized spacial score (nSPS) is 9.22. The van der Waals surface area contributed by atoms with E-state index in [1.165, 1.54) is 0 Å². The minimum Gasteiger partial charge on any atom is -0.369 e. The molecule has 1 amide bonds. The van der Waals surface area contributed by atoms with Gasteiger partial charge < -0.3 is 10.1 Å². The molecule has 0 aliphatic rings. The highest BCUT2D eigenvalue weighted by molar-refractivity contribution is 5.92. The number of nitriles is 1. The van der Waals surface area contributed by atoms with E-state index in [4.69, 9.17) is 16.4 Å². The molecule has 0 unspecified atom stereocenters. The molecule has 1 aromatic carbocycles. The van der Waals surface area contributed by atoms with Crippen molar-refractivity contribution in [1.82, 2.24) is 0 Å². The zero-order valence-electron chi connectivity index (χ0n) is 9.98. The van der Waals surface area contributed by atoms with Gasteiger partial charge in [0.15, 0.2) is 0 Å². The van der Waals surface area contributed by atoms with Crippen LogP contribution in [-0.2, 0) is 9.53 Å². The Kier molecular flexibility index (Phi) is 6.03. The molecule has 0 bridgehead atoms. The second kappa shape index (κ2) is 7.89. The van der Waals surface area contributed by atoms with Crippen molar-refractivity contribution in [2.45, 2.75) is 12.8 Å². The maximum Gasteiger partial charge on any atom is 0.224 e. The summed E-state index contributed by atoms with van der Waals surface area (Å²) in [6.45, 7) is 0.719. The Hall–Kier alpha value is -2.30. The zero-order chi connectivity index (χ0) is 13.2. The van der Waals surface area contributed by atoms with Crippen LogP contribution in [0.1, 0.15) is 18.4 Å². The number of hydrogen-bond acceptors (Lipinski definition) is 3. The van der Waals surface area contributed by atoms with Crippen molar-refractivity contribution in [1.29, 1.82) is 5.26 Å². The van der Waals surface area contributed by atoms with E-state index < -0.39 is 0 Å². The lowest BCUT2D eigenvalue weighted by molar-refractivity contribution is -0.116. The summed E-state index contributed by atoms with van der Waals surface area (Å²) >= 11 is 0. The van der Waals surface area contributed by atoms with Crippen LogP contribution in [0.5, 0.6) is 0 Å². The molecule has 1 rings (SSSR count). The highest BCUT2D eigenvalue weighted by Crippen LogP contribution is 2.13. The molecule has 0 aliphatic carbocycles. The number of nitrogens with zero attached hydrogens (tertiary/aromatic N) is 1. The van der Waals surface area contributed by atoms with Crippen LogP contribution in [0.15, 0.2) is 24.3 Å². The third-order valence-corrected chi connectivity index (χ3v) is 2.20. The summed E-state index contributed by atoms with van der Waals surface area (Å²) in [5.74, 6) is 2.21. The maximum absolute atomic E-state index is 11.6. The van der Waals surface area contributed by atoms with Crippen molar-refractivity contribution in [3.63, 3.8) is 0 Å². The molecule has 0 heterocycles. The molecule has 4 heteroatoms. The lowest BCUT2D eigenvalue weighted by Gasteiger charge is -2.06. The largest absolute Gasteiger partial charge is 0.369 e. The number of carbonyl (C=O) groups excluding carboxylic acids is 1. The monoisotopic (exact) mass is 242 g/mol. The number of carbonyl (C=O) groups is 1. The second-order valence-corrected chi connectivity index (χ2v) is 3.57. The number of para-hydroxylation sites is 1. The number of benzene rings is 1. The molecule has 0 radical (unpaired) electrons. The van der Waals surface area contributed by atoms with Crippen LogP contribution >= 0.6 is 0 Å². The van der Waals surface area contributed by atoms with Gasteiger partial charge in [0.1, 0.15) is 12.7 Å². The molecule has 0 spiro atoms. The van der Waals surface area contributed by atoms with Crippen molar-refractivity contribution in [2.75, 3.05) is 18.5 Å². The van der Waals surface area contributed by atoms with Gasteiger partial charge in [-0.05, 0) is 18.6 Å². The van der Waals surface area contributed by atoms with Crippen LogP contribution in [-0.4, -0.2) is 19.1 Å². The summed E-state index contributed by atoms with van der Waals surface area (Å²) in [7, 11) is 0. The molecule has 0 aromatic heterocycles. The third-order valence-electron chi connectivity index (χ3n) is 2.20. The molecule has 1 aromatic rings. The summed E-state index contributed by atoms with van der Waals surface area (Å²) in [6, 6.07) is 8.90. The first-order valence-corrected chi connectivity index (χ1v) is 5.58. The van der Waals surface area contributed by atoms with Crippen molar-refractivity contribution in [3.05, 3.63) is 29.8 Å². The minimum absolute atomic E-state index is 0.137. The van der Waals surface area contributed by atoms with E-state index in [0.717, 1.165) is 0 Å². The van der Waals surface area contributed by atoms with Crippen molar-refractivity contribution < 1.29 is 9.53 Å². The Labute approximate surface area is 107 Å². The fourth-order valence-electron chi connectivity index (χ4n) is 1.37. The summed E-state index contributed by atoms with van der Waals surface area (Å²) in [5.41, 5.74) is 0.990. The van der Waals surface area contributed by atoms with Crippen molar-refractivity contribution in [3.8, 4) is 18.4 Å². The second-order valence-electron chi connectivity index (χ2n) is 3.57. The van der Waals surface area contributed by atoms with Crippen LogP contribution in [0.3, 0.4) is 0 Å². The van der Waals surface area contributed by atoms with E-state index in [-0.39, 0.29) is 12.5 Å². The summed E-state index contributed by atoms with van der Waals surface area (Å²) in [5, 5.41) is 11.6. The van der Waals surface area contributed by atoms with E-state index in [2.05, 4.69) is 11.2 Å². The Morgan fingerprint density at radius 1 is 1.44 bits per heavy atom. The smallest absolute Gasteiger partial charge is 0.224 e. The van der Waals surface area contributed by atoms with Gasteiger partial charge >= 0.3 is 0 Å². The zero-order valence-corrected chi connectivity index (χ0v) is 9.98. The summed E-state index contributed by atoms with van der Waals surface area (Å²) < 4.78 is 5.06. The lowest BCUT2D eigenvalue weighted by Crippen LogP contribution is -2.13. The van der Waals surface area contributed by atoms with E-state index in [1.54, 1.807) is 24.3 Å². The van der Waals surface area contributed by atoms with Gasteiger partial charge in [-0.15, -0.1) is 6.42 Å². The van der Waals surface area contributed by atoms with Crippen molar-refractivity contribution in [2.24, 2.45) is 0 Å². The van der Waals surface area contributed by atoms with Gasteiger partial charge in [-0.3, -0.25) is 4.79 Å². The Bertz CT molecular complexity index is 483. The molecule has 0 saturated carbocycles. The van der Waals surface area contributed by atoms with Crippen LogP contribution in [0.2, 0.25) is 0 Å². The number of amides is 1. The number of ether oxygens (including phenoxy) is 1. The van der Waals surface area contributed by atoms with E-state index in [9.17, 15) is 4.79 Å². The quantitative estimate of drug-likeness (QED) is 0.612. The van der Waals surface area contributed by atoms with Gasteiger partial charge in [0.05, 0.1) is 11.3 Å². The van der Waals surface area contributed by atoms with Gasteiger partial charge in [0, 0.05) is 13.0 Å². The van der Waals surface area contributed by atoms with E-state index >= 15 is 0 Å². The average molecular weight is 242 g/mol. The molecule has 1 N–H and O–H groups in total. The number of terminal acetylenes is 1.